The third kappa shape index (κ3) is 6.78. The highest BCUT2D eigenvalue weighted by molar-refractivity contribution is 5.80. The van der Waals surface area contributed by atoms with Crippen molar-refractivity contribution in [1.29, 1.82) is 5.26 Å². The first-order valence-electron chi connectivity index (χ1n) is 11.0. The molecule has 186 valence electrons. The van der Waals surface area contributed by atoms with Gasteiger partial charge in [-0.1, -0.05) is 0 Å². The highest BCUT2D eigenvalue weighted by Crippen LogP contribution is 2.31. The molecule has 0 spiro atoms. The van der Waals surface area contributed by atoms with Crippen molar-refractivity contribution in [3.63, 3.8) is 0 Å². The molecule has 2 aliphatic heterocycles. The summed E-state index contributed by atoms with van der Waals surface area (Å²) in [5.74, 6) is -2.59. The van der Waals surface area contributed by atoms with Crippen LogP contribution in [0.1, 0.15) is 12.0 Å². The SMILES string of the molecule is CN(CCOC1CNNC(=O)C1C(F)(F)F)CCC(=O)N1CCN(c2ccc(C#N)cn2)CC1. The molecular formula is C21H28F3N7O3. The summed E-state index contributed by atoms with van der Waals surface area (Å²) in [6.45, 7) is 3.02. The molecule has 2 fully saturated rings. The van der Waals surface area contributed by atoms with Gasteiger partial charge in [-0.2, -0.15) is 18.4 Å². The van der Waals surface area contributed by atoms with Gasteiger partial charge in [-0.25, -0.2) is 10.4 Å². The van der Waals surface area contributed by atoms with Gasteiger partial charge in [-0.05, 0) is 19.2 Å². The fraction of sp³-hybridized carbons (Fsp3) is 0.619. The number of likely N-dealkylation sites (N-methyl/N-ethyl adjacent to an activating group) is 1. The Morgan fingerprint density at radius 2 is 2.03 bits per heavy atom. The Kier molecular flexibility index (Phi) is 8.65. The Morgan fingerprint density at radius 3 is 2.65 bits per heavy atom. The van der Waals surface area contributed by atoms with Crippen LogP contribution in [-0.2, 0) is 14.3 Å². The van der Waals surface area contributed by atoms with Crippen molar-refractivity contribution in [2.45, 2.75) is 18.7 Å². The van der Waals surface area contributed by atoms with Crippen molar-refractivity contribution >= 4 is 17.6 Å². The summed E-state index contributed by atoms with van der Waals surface area (Å²) in [7, 11) is 1.76. The first-order chi connectivity index (χ1) is 16.2. The molecule has 1 aromatic heterocycles. The molecule has 0 bridgehead atoms. The average molecular weight is 483 g/mol. The van der Waals surface area contributed by atoms with E-state index in [4.69, 9.17) is 10.00 Å². The molecule has 2 unspecified atom stereocenters. The second kappa shape index (κ2) is 11.5. The summed E-state index contributed by atoms with van der Waals surface area (Å²) < 4.78 is 44.7. The molecule has 1 aromatic rings. The lowest BCUT2D eigenvalue weighted by atomic mass is 9.99. The fourth-order valence-corrected chi connectivity index (χ4v) is 3.86. The standard InChI is InChI=1S/C21H28F3N7O3/c1-29(10-11-34-16-14-27-28-20(33)19(16)21(22,23)24)5-4-18(32)31-8-6-30(7-9-31)17-3-2-15(12-25)13-26-17/h2-3,13,16,19,27H,4-11,14H2,1H3,(H,28,33). The predicted octanol–water partition coefficient (Wildman–Crippen LogP) is 0.122. The molecule has 10 nitrogen and oxygen atoms in total. The number of amides is 2. The molecule has 2 atom stereocenters. The summed E-state index contributed by atoms with van der Waals surface area (Å²) in [5.41, 5.74) is 4.89. The van der Waals surface area contributed by atoms with Crippen LogP contribution in [-0.4, -0.2) is 98.3 Å². The van der Waals surface area contributed by atoms with Crippen LogP contribution in [0.25, 0.3) is 0 Å². The molecule has 2 amide bonds. The second-order valence-corrected chi connectivity index (χ2v) is 8.24. The quantitative estimate of drug-likeness (QED) is 0.536. The van der Waals surface area contributed by atoms with E-state index in [1.807, 2.05) is 16.4 Å². The number of aromatic nitrogens is 1. The number of hydrogen-bond donors (Lipinski definition) is 2. The van der Waals surface area contributed by atoms with Crippen LogP contribution >= 0.6 is 0 Å². The van der Waals surface area contributed by atoms with E-state index in [2.05, 4.69) is 15.3 Å². The van der Waals surface area contributed by atoms with E-state index in [1.54, 1.807) is 24.1 Å². The normalized spacial score (nSPS) is 21.4. The number of carbonyl (C=O) groups excluding carboxylic acids is 2. The first kappa shape index (κ1) is 25.7. The van der Waals surface area contributed by atoms with Gasteiger partial charge in [0.05, 0.1) is 18.3 Å². The van der Waals surface area contributed by atoms with E-state index < -0.39 is 24.1 Å². The number of halogens is 3. The maximum absolute atomic E-state index is 13.1. The number of alkyl halides is 3. The molecule has 0 aromatic carbocycles. The number of rotatable bonds is 8. The minimum atomic E-state index is -4.69. The lowest BCUT2D eigenvalue weighted by Gasteiger charge is -2.35. The van der Waals surface area contributed by atoms with Crippen LogP contribution in [0.4, 0.5) is 19.0 Å². The largest absolute Gasteiger partial charge is 0.403 e. The molecule has 0 saturated carbocycles. The van der Waals surface area contributed by atoms with Gasteiger partial charge in [-0.3, -0.25) is 15.0 Å². The van der Waals surface area contributed by atoms with Gasteiger partial charge in [0.15, 0.2) is 5.92 Å². The van der Waals surface area contributed by atoms with Gasteiger partial charge in [-0.15, -0.1) is 0 Å². The molecule has 0 aliphatic carbocycles. The number of hydrogen-bond acceptors (Lipinski definition) is 8. The lowest BCUT2D eigenvalue weighted by Crippen LogP contribution is -2.60. The molecule has 13 heteroatoms. The molecule has 3 heterocycles. The van der Waals surface area contributed by atoms with Crippen LogP contribution in [0, 0.1) is 17.2 Å². The minimum Gasteiger partial charge on any atom is -0.374 e. The van der Waals surface area contributed by atoms with E-state index in [1.165, 1.54) is 6.20 Å². The van der Waals surface area contributed by atoms with Crippen molar-refractivity contribution in [3.8, 4) is 6.07 Å². The highest BCUT2D eigenvalue weighted by Gasteiger charge is 2.52. The van der Waals surface area contributed by atoms with Crippen LogP contribution in [0.15, 0.2) is 18.3 Å². The van der Waals surface area contributed by atoms with Gasteiger partial charge in [0, 0.05) is 58.4 Å². The number of carbonyl (C=O) groups is 2. The number of ether oxygens (including phenoxy) is 1. The van der Waals surface area contributed by atoms with E-state index in [0.29, 0.717) is 44.8 Å². The minimum absolute atomic E-state index is 0.00509. The van der Waals surface area contributed by atoms with Crippen molar-refractivity contribution in [2.24, 2.45) is 5.92 Å². The summed E-state index contributed by atoms with van der Waals surface area (Å²) in [6.07, 6.45) is -4.18. The first-order valence-corrected chi connectivity index (χ1v) is 11.0. The topological polar surface area (TPSA) is 114 Å². The number of nitrogens with one attached hydrogen (secondary N) is 2. The average Bonchev–Trinajstić information content (AvgIpc) is 2.82. The van der Waals surface area contributed by atoms with Crippen LogP contribution in [0.5, 0.6) is 0 Å². The van der Waals surface area contributed by atoms with E-state index >= 15 is 0 Å². The molecule has 2 saturated heterocycles. The van der Waals surface area contributed by atoms with Gasteiger partial charge in [0.25, 0.3) is 0 Å². The van der Waals surface area contributed by atoms with Crippen LogP contribution in [0.3, 0.4) is 0 Å². The maximum Gasteiger partial charge on any atom is 0.403 e. The van der Waals surface area contributed by atoms with E-state index in [0.717, 1.165) is 5.82 Å². The van der Waals surface area contributed by atoms with Gasteiger partial charge in [0.1, 0.15) is 11.9 Å². The fourth-order valence-electron chi connectivity index (χ4n) is 3.86. The molecular weight excluding hydrogens is 455 g/mol. The van der Waals surface area contributed by atoms with Crippen molar-refractivity contribution in [1.82, 2.24) is 25.6 Å². The van der Waals surface area contributed by atoms with Crippen LogP contribution < -0.4 is 15.8 Å². The van der Waals surface area contributed by atoms with Crippen LogP contribution in [0.2, 0.25) is 0 Å². The highest BCUT2D eigenvalue weighted by atomic mass is 19.4. The monoisotopic (exact) mass is 483 g/mol. The van der Waals surface area contributed by atoms with Gasteiger partial charge >= 0.3 is 6.18 Å². The zero-order valence-corrected chi connectivity index (χ0v) is 18.8. The number of nitrogens with zero attached hydrogens (tertiary/aromatic N) is 5. The summed E-state index contributed by atoms with van der Waals surface area (Å²) in [4.78, 5) is 34.1. The Labute approximate surface area is 195 Å². The smallest absolute Gasteiger partial charge is 0.374 e. The second-order valence-electron chi connectivity index (χ2n) is 8.24. The summed E-state index contributed by atoms with van der Waals surface area (Å²) in [5, 5.41) is 8.86. The summed E-state index contributed by atoms with van der Waals surface area (Å²) >= 11 is 0. The zero-order valence-electron chi connectivity index (χ0n) is 18.8. The molecule has 2 aliphatic rings. The van der Waals surface area contributed by atoms with Crippen molar-refractivity contribution < 1.29 is 27.5 Å². The Balaban J connectivity index is 1.35. The number of anilines is 1. The van der Waals surface area contributed by atoms with Gasteiger partial charge in [0.2, 0.25) is 11.8 Å². The Morgan fingerprint density at radius 1 is 1.29 bits per heavy atom. The molecule has 3 rings (SSSR count). The third-order valence-electron chi connectivity index (χ3n) is 5.87. The third-order valence-corrected chi connectivity index (χ3v) is 5.87. The molecule has 34 heavy (non-hydrogen) atoms. The van der Waals surface area contributed by atoms with Gasteiger partial charge < -0.3 is 19.4 Å². The van der Waals surface area contributed by atoms with Crippen molar-refractivity contribution in [2.75, 3.05) is 64.4 Å². The zero-order chi connectivity index (χ0) is 24.7. The van der Waals surface area contributed by atoms with Crippen molar-refractivity contribution in [3.05, 3.63) is 23.9 Å². The number of piperazine rings is 1. The number of hydrazine groups is 1. The Hall–Kier alpha value is -2.95. The van der Waals surface area contributed by atoms with E-state index in [9.17, 15) is 22.8 Å². The molecule has 0 radical (unpaired) electrons. The number of pyridine rings is 1. The lowest BCUT2D eigenvalue weighted by molar-refractivity contribution is -0.213. The molecule has 2 N–H and O–H groups in total. The number of nitriles is 1. The summed E-state index contributed by atoms with van der Waals surface area (Å²) in [6, 6.07) is 5.53. The Bertz CT molecular complexity index is 883. The maximum atomic E-state index is 13.1. The predicted molar refractivity (Wildman–Crippen MR) is 115 cm³/mol. The van der Waals surface area contributed by atoms with E-state index in [-0.39, 0.29) is 25.5 Å².